The van der Waals surface area contributed by atoms with Crippen molar-refractivity contribution >= 4 is 5.76 Å². The quantitative estimate of drug-likeness (QED) is 0.602. The van der Waals surface area contributed by atoms with E-state index in [0.717, 1.165) is 11.3 Å². The zero-order chi connectivity index (χ0) is 7.52. The molecule has 0 aliphatic carbocycles. The van der Waals surface area contributed by atoms with Gasteiger partial charge >= 0.3 is 0 Å². The Morgan fingerprint density at radius 2 is 2.09 bits per heavy atom. The SMILES string of the molecule is [c]1ccc(C2=COCO2)cc1. The second kappa shape index (κ2) is 2.66. The van der Waals surface area contributed by atoms with Crippen molar-refractivity contribution in [2.75, 3.05) is 6.79 Å². The van der Waals surface area contributed by atoms with Crippen molar-refractivity contribution in [3.8, 4) is 0 Å². The highest BCUT2D eigenvalue weighted by Gasteiger charge is 2.07. The summed E-state index contributed by atoms with van der Waals surface area (Å²) in [6.45, 7) is 0.327. The van der Waals surface area contributed by atoms with Gasteiger partial charge in [-0.25, -0.2) is 0 Å². The average Bonchev–Trinajstić information content (AvgIpc) is 2.58. The summed E-state index contributed by atoms with van der Waals surface area (Å²) < 4.78 is 10.1. The van der Waals surface area contributed by atoms with Gasteiger partial charge in [-0.05, 0) is 6.07 Å². The molecule has 1 heterocycles. The third-order valence-corrected chi connectivity index (χ3v) is 1.48. The molecule has 2 nitrogen and oxygen atoms in total. The normalized spacial score (nSPS) is 15.1. The minimum atomic E-state index is 0.327. The summed E-state index contributed by atoms with van der Waals surface area (Å²) in [5.74, 6) is 0.791. The summed E-state index contributed by atoms with van der Waals surface area (Å²) in [5.41, 5.74) is 1.03. The van der Waals surface area contributed by atoms with E-state index < -0.39 is 0 Å². The molecule has 11 heavy (non-hydrogen) atoms. The van der Waals surface area contributed by atoms with Gasteiger partial charge in [0.15, 0.2) is 5.76 Å². The third kappa shape index (κ3) is 1.19. The summed E-state index contributed by atoms with van der Waals surface area (Å²) in [4.78, 5) is 0. The summed E-state index contributed by atoms with van der Waals surface area (Å²) in [5, 5.41) is 0. The van der Waals surface area contributed by atoms with Crippen molar-refractivity contribution in [1.29, 1.82) is 0 Å². The van der Waals surface area contributed by atoms with Crippen LogP contribution in [0.15, 0.2) is 30.5 Å². The van der Waals surface area contributed by atoms with Gasteiger partial charge in [0, 0.05) is 5.56 Å². The number of hydrogen-bond acceptors (Lipinski definition) is 2. The van der Waals surface area contributed by atoms with E-state index in [1.807, 2.05) is 24.3 Å². The Morgan fingerprint density at radius 1 is 1.27 bits per heavy atom. The van der Waals surface area contributed by atoms with Crippen LogP contribution in [0, 0.1) is 6.07 Å². The maximum absolute atomic E-state index is 5.16. The van der Waals surface area contributed by atoms with Gasteiger partial charge in [-0.2, -0.15) is 0 Å². The van der Waals surface area contributed by atoms with E-state index in [4.69, 9.17) is 9.47 Å². The summed E-state index contributed by atoms with van der Waals surface area (Å²) in [7, 11) is 0. The van der Waals surface area contributed by atoms with Crippen LogP contribution < -0.4 is 0 Å². The Hall–Kier alpha value is -1.44. The fourth-order valence-electron chi connectivity index (χ4n) is 0.944. The largest absolute Gasteiger partial charge is 0.461 e. The van der Waals surface area contributed by atoms with Crippen LogP contribution in [0.25, 0.3) is 5.76 Å². The van der Waals surface area contributed by atoms with Crippen LogP contribution >= 0.6 is 0 Å². The first-order valence-electron chi connectivity index (χ1n) is 3.38. The molecule has 0 amide bonds. The lowest BCUT2D eigenvalue weighted by Crippen LogP contribution is -1.84. The van der Waals surface area contributed by atoms with Crippen molar-refractivity contribution in [2.24, 2.45) is 0 Å². The van der Waals surface area contributed by atoms with Gasteiger partial charge in [-0.3, -0.25) is 0 Å². The smallest absolute Gasteiger partial charge is 0.230 e. The summed E-state index contributed by atoms with van der Waals surface area (Å²) in [6.07, 6.45) is 1.62. The van der Waals surface area contributed by atoms with E-state index in [0.29, 0.717) is 6.79 Å². The topological polar surface area (TPSA) is 18.5 Å². The monoisotopic (exact) mass is 147 g/mol. The first kappa shape index (κ1) is 6.28. The van der Waals surface area contributed by atoms with Crippen molar-refractivity contribution in [1.82, 2.24) is 0 Å². The molecule has 55 valence electrons. The number of rotatable bonds is 1. The molecule has 2 heteroatoms. The molecular weight excluding hydrogens is 140 g/mol. The second-order valence-electron chi connectivity index (χ2n) is 2.20. The van der Waals surface area contributed by atoms with Crippen LogP contribution in [0.4, 0.5) is 0 Å². The molecule has 0 fully saturated rings. The molecule has 1 aromatic rings. The second-order valence-corrected chi connectivity index (χ2v) is 2.20. The van der Waals surface area contributed by atoms with Gasteiger partial charge in [-0.15, -0.1) is 0 Å². The zero-order valence-electron chi connectivity index (χ0n) is 5.91. The van der Waals surface area contributed by atoms with E-state index in [2.05, 4.69) is 6.07 Å². The van der Waals surface area contributed by atoms with Crippen LogP contribution in [0.1, 0.15) is 5.56 Å². The van der Waals surface area contributed by atoms with Crippen molar-refractivity contribution < 1.29 is 9.47 Å². The van der Waals surface area contributed by atoms with Gasteiger partial charge in [0.1, 0.15) is 6.26 Å². The standard InChI is InChI=1S/C9H7O2/c1-2-4-8(5-3-1)9-6-10-7-11-9/h2-6H,7H2. The number of hydrogen-bond donors (Lipinski definition) is 0. The number of benzene rings is 1. The van der Waals surface area contributed by atoms with Gasteiger partial charge in [0.25, 0.3) is 0 Å². The Kier molecular flexibility index (Phi) is 1.52. The molecule has 1 radical (unpaired) electrons. The Labute approximate surface area is 65.1 Å². The maximum atomic E-state index is 5.16. The molecule has 0 aromatic heterocycles. The molecule has 0 spiro atoms. The fourth-order valence-corrected chi connectivity index (χ4v) is 0.944. The third-order valence-electron chi connectivity index (χ3n) is 1.48. The number of ether oxygens (including phenoxy) is 2. The first-order chi connectivity index (χ1) is 5.47. The Balaban J connectivity index is 2.29. The molecule has 0 saturated heterocycles. The van der Waals surface area contributed by atoms with Crippen LogP contribution in [-0.4, -0.2) is 6.79 Å². The van der Waals surface area contributed by atoms with Crippen molar-refractivity contribution in [3.05, 3.63) is 42.2 Å². The van der Waals surface area contributed by atoms with E-state index in [-0.39, 0.29) is 0 Å². The lowest BCUT2D eigenvalue weighted by molar-refractivity contribution is 0.100. The first-order valence-corrected chi connectivity index (χ1v) is 3.38. The van der Waals surface area contributed by atoms with Gasteiger partial charge in [-0.1, -0.05) is 24.3 Å². The van der Waals surface area contributed by atoms with Gasteiger partial charge < -0.3 is 9.47 Å². The minimum Gasteiger partial charge on any atom is -0.461 e. The zero-order valence-corrected chi connectivity index (χ0v) is 5.91. The van der Waals surface area contributed by atoms with E-state index in [9.17, 15) is 0 Å². The molecule has 0 unspecified atom stereocenters. The summed E-state index contributed by atoms with van der Waals surface area (Å²) >= 11 is 0. The lowest BCUT2D eigenvalue weighted by Gasteiger charge is -1.98. The Bertz CT molecular complexity index is 264. The molecule has 2 rings (SSSR count). The van der Waals surface area contributed by atoms with Crippen molar-refractivity contribution in [3.63, 3.8) is 0 Å². The minimum absolute atomic E-state index is 0.327. The Morgan fingerprint density at radius 3 is 2.73 bits per heavy atom. The molecule has 0 bridgehead atoms. The average molecular weight is 147 g/mol. The van der Waals surface area contributed by atoms with Crippen molar-refractivity contribution in [2.45, 2.75) is 0 Å². The van der Waals surface area contributed by atoms with Crippen LogP contribution in [-0.2, 0) is 9.47 Å². The molecular formula is C9H7O2. The highest BCUT2D eigenvalue weighted by Crippen LogP contribution is 2.18. The lowest BCUT2D eigenvalue weighted by atomic mass is 10.2. The van der Waals surface area contributed by atoms with Crippen LogP contribution in [0.3, 0.4) is 0 Å². The van der Waals surface area contributed by atoms with E-state index in [1.54, 1.807) is 6.26 Å². The van der Waals surface area contributed by atoms with Gasteiger partial charge in [0.2, 0.25) is 6.79 Å². The molecule has 1 aliphatic heterocycles. The molecule has 0 saturated carbocycles. The predicted octanol–water partition coefficient (Wildman–Crippen LogP) is 1.79. The summed E-state index contributed by atoms with van der Waals surface area (Å²) in [6, 6.07) is 10.5. The fraction of sp³-hybridized carbons (Fsp3) is 0.111. The van der Waals surface area contributed by atoms with E-state index >= 15 is 0 Å². The molecule has 0 N–H and O–H groups in total. The highest BCUT2D eigenvalue weighted by atomic mass is 16.7. The molecule has 1 aromatic carbocycles. The predicted molar refractivity (Wildman–Crippen MR) is 40.3 cm³/mol. The maximum Gasteiger partial charge on any atom is 0.230 e. The van der Waals surface area contributed by atoms with E-state index in [1.165, 1.54) is 0 Å². The molecule has 0 atom stereocenters. The van der Waals surface area contributed by atoms with Gasteiger partial charge in [0.05, 0.1) is 0 Å². The highest BCUT2D eigenvalue weighted by molar-refractivity contribution is 5.59. The molecule has 1 aliphatic rings. The van der Waals surface area contributed by atoms with Crippen LogP contribution in [0.2, 0.25) is 0 Å². The van der Waals surface area contributed by atoms with Crippen LogP contribution in [0.5, 0.6) is 0 Å².